The van der Waals surface area contributed by atoms with E-state index in [0.717, 1.165) is 5.56 Å². The maximum atomic E-state index is 13.5. The Balaban J connectivity index is 3.02. The first-order valence-corrected chi connectivity index (χ1v) is 12.8. The van der Waals surface area contributed by atoms with Gasteiger partial charge in [-0.15, -0.1) is 0 Å². The fourth-order valence-electron chi connectivity index (χ4n) is 4.20. The molecule has 2 N–H and O–H groups in total. The standard InChI is InChI=1S/C28H46N2O6/c1-19(13-12-14-20(2)31)25(23(32)17-24(33)27(35)36-28(4,5)6)30(8)26(34)21(3)29(7)18-22-15-10-9-11-16-22/h9-11,15-16,19-21,24-25,31,33H,12-14,17-18H2,1-8H3/t19-,20?,21-,24?,25-/m0/s1. The second-order valence-electron chi connectivity index (χ2n) is 10.9. The van der Waals surface area contributed by atoms with Crippen LogP contribution in [0.1, 0.15) is 72.8 Å². The van der Waals surface area contributed by atoms with Crippen LogP contribution in [0.25, 0.3) is 0 Å². The van der Waals surface area contributed by atoms with Crippen molar-refractivity contribution in [1.82, 2.24) is 9.80 Å². The summed E-state index contributed by atoms with van der Waals surface area (Å²) >= 11 is 0. The number of esters is 1. The molecular formula is C28H46N2O6. The van der Waals surface area contributed by atoms with Gasteiger partial charge in [-0.25, -0.2) is 4.79 Å². The molecule has 0 spiro atoms. The van der Waals surface area contributed by atoms with Gasteiger partial charge in [0.2, 0.25) is 5.91 Å². The lowest BCUT2D eigenvalue weighted by Gasteiger charge is -2.36. The zero-order valence-corrected chi connectivity index (χ0v) is 23.2. The Labute approximate surface area is 216 Å². The molecule has 0 aliphatic rings. The number of carbonyl (C=O) groups is 3. The number of likely N-dealkylation sites (N-methyl/N-ethyl adjacent to an activating group) is 2. The average Bonchev–Trinajstić information content (AvgIpc) is 2.77. The molecule has 0 aliphatic heterocycles. The lowest BCUT2D eigenvalue weighted by atomic mass is 9.88. The fourth-order valence-corrected chi connectivity index (χ4v) is 4.20. The normalized spacial score (nSPS) is 16.1. The van der Waals surface area contributed by atoms with Gasteiger partial charge < -0.3 is 19.8 Å². The van der Waals surface area contributed by atoms with Gasteiger partial charge in [0.05, 0.1) is 18.2 Å². The average molecular weight is 507 g/mol. The van der Waals surface area contributed by atoms with E-state index in [-0.39, 0.29) is 11.8 Å². The number of ether oxygens (including phenoxy) is 1. The fraction of sp³-hybridized carbons (Fsp3) is 0.679. The van der Waals surface area contributed by atoms with Crippen LogP contribution in [0.4, 0.5) is 0 Å². The first kappa shape index (κ1) is 31.7. The van der Waals surface area contributed by atoms with Gasteiger partial charge in [0, 0.05) is 20.0 Å². The van der Waals surface area contributed by atoms with Crippen molar-refractivity contribution in [3.05, 3.63) is 35.9 Å². The third-order valence-corrected chi connectivity index (χ3v) is 6.28. The molecule has 1 aromatic rings. The molecule has 5 atom stereocenters. The zero-order valence-electron chi connectivity index (χ0n) is 23.2. The molecule has 0 aliphatic carbocycles. The Kier molecular flexibility index (Phi) is 12.7. The minimum Gasteiger partial charge on any atom is -0.458 e. The van der Waals surface area contributed by atoms with Crippen LogP contribution in [-0.4, -0.2) is 81.7 Å². The Hall–Kier alpha value is -2.29. The van der Waals surface area contributed by atoms with E-state index in [9.17, 15) is 24.6 Å². The van der Waals surface area contributed by atoms with Gasteiger partial charge in [0.1, 0.15) is 5.60 Å². The second kappa shape index (κ2) is 14.4. The number of amides is 1. The van der Waals surface area contributed by atoms with Crippen molar-refractivity contribution in [2.24, 2.45) is 5.92 Å². The van der Waals surface area contributed by atoms with E-state index in [1.807, 2.05) is 49.2 Å². The number of Topliss-reactive ketones (excluding diaryl/α,β-unsaturated/α-hetero) is 1. The van der Waals surface area contributed by atoms with Crippen LogP contribution in [0, 0.1) is 5.92 Å². The summed E-state index contributed by atoms with van der Waals surface area (Å²) in [4.78, 5) is 42.5. The highest BCUT2D eigenvalue weighted by molar-refractivity contribution is 5.93. The number of carbonyl (C=O) groups excluding carboxylic acids is 3. The number of aliphatic hydroxyl groups excluding tert-OH is 2. The number of hydrogen-bond donors (Lipinski definition) is 2. The van der Waals surface area contributed by atoms with Gasteiger partial charge in [-0.1, -0.05) is 43.7 Å². The Morgan fingerprint density at radius 2 is 1.56 bits per heavy atom. The van der Waals surface area contributed by atoms with E-state index in [0.29, 0.717) is 25.8 Å². The number of hydrogen-bond acceptors (Lipinski definition) is 7. The molecular weight excluding hydrogens is 460 g/mol. The van der Waals surface area contributed by atoms with Gasteiger partial charge in [-0.2, -0.15) is 0 Å². The highest BCUT2D eigenvalue weighted by Crippen LogP contribution is 2.22. The minimum atomic E-state index is -1.61. The number of ketones is 1. The molecule has 0 fully saturated rings. The summed E-state index contributed by atoms with van der Waals surface area (Å²) in [5.41, 5.74) is 0.280. The quantitative estimate of drug-likeness (QED) is 0.373. The highest BCUT2D eigenvalue weighted by Gasteiger charge is 2.36. The number of benzene rings is 1. The first-order chi connectivity index (χ1) is 16.6. The van der Waals surface area contributed by atoms with Crippen LogP contribution in [0.3, 0.4) is 0 Å². The molecule has 0 heterocycles. The predicted octanol–water partition coefficient (Wildman–Crippen LogP) is 3.18. The van der Waals surface area contributed by atoms with Gasteiger partial charge in [-0.05, 0) is 66.0 Å². The number of aliphatic hydroxyl groups is 2. The van der Waals surface area contributed by atoms with Crippen molar-refractivity contribution >= 4 is 17.7 Å². The van der Waals surface area contributed by atoms with Crippen molar-refractivity contribution in [2.75, 3.05) is 14.1 Å². The highest BCUT2D eigenvalue weighted by atomic mass is 16.6. The third-order valence-electron chi connectivity index (χ3n) is 6.28. The maximum absolute atomic E-state index is 13.5. The van der Waals surface area contributed by atoms with E-state index < -0.39 is 48.1 Å². The van der Waals surface area contributed by atoms with Crippen molar-refractivity contribution in [3.8, 4) is 0 Å². The van der Waals surface area contributed by atoms with E-state index in [2.05, 4.69) is 0 Å². The van der Waals surface area contributed by atoms with Crippen molar-refractivity contribution in [1.29, 1.82) is 0 Å². The van der Waals surface area contributed by atoms with Gasteiger partial charge in [-0.3, -0.25) is 14.5 Å². The number of nitrogens with zero attached hydrogens (tertiary/aromatic N) is 2. The smallest absolute Gasteiger partial charge is 0.335 e. The van der Waals surface area contributed by atoms with E-state index in [4.69, 9.17) is 4.74 Å². The van der Waals surface area contributed by atoms with Crippen molar-refractivity contribution < 1.29 is 29.3 Å². The lowest BCUT2D eigenvalue weighted by Crippen LogP contribution is -2.53. The molecule has 36 heavy (non-hydrogen) atoms. The van der Waals surface area contributed by atoms with Crippen LogP contribution < -0.4 is 0 Å². The monoisotopic (exact) mass is 506 g/mol. The molecule has 204 valence electrons. The molecule has 8 nitrogen and oxygen atoms in total. The topological polar surface area (TPSA) is 107 Å². The molecule has 1 amide bonds. The van der Waals surface area contributed by atoms with Gasteiger partial charge in [0.15, 0.2) is 11.9 Å². The second-order valence-corrected chi connectivity index (χ2v) is 10.9. The van der Waals surface area contributed by atoms with Crippen molar-refractivity contribution in [3.63, 3.8) is 0 Å². The summed E-state index contributed by atoms with van der Waals surface area (Å²) in [5.74, 6) is -1.71. The molecule has 0 aromatic heterocycles. The Bertz CT molecular complexity index is 836. The van der Waals surface area contributed by atoms with Crippen LogP contribution in [0.2, 0.25) is 0 Å². The molecule has 1 rings (SSSR count). The SMILES string of the molecule is CC(O)CCC[C@H](C)[C@@H](C(=O)CC(O)C(=O)OC(C)(C)C)N(C)C(=O)[C@H](C)N(C)Cc1ccccc1. The van der Waals surface area contributed by atoms with Gasteiger partial charge in [0.25, 0.3) is 0 Å². The predicted molar refractivity (Wildman–Crippen MR) is 140 cm³/mol. The van der Waals surface area contributed by atoms with Crippen LogP contribution in [-0.2, 0) is 25.7 Å². The van der Waals surface area contributed by atoms with E-state index in [1.165, 1.54) is 4.90 Å². The van der Waals surface area contributed by atoms with Gasteiger partial charge >= 0.3 is 5.97 Å². The summed E-state index contributed by atoms with van der Waals surface area (Å²) in [6.07, 6.45) is -0.624. The van der Waals surface area contributed by atoms with E-state index >= 15 is 0 Å². The molecule has 2 unspecified atom stereocenters. The molecule has 1 aromatic carbocycles. The Morgan fingerprint density at radius 3 is 2.08 bits per heavy atom. The zero-order chi connectivity index (χ0) is 27.6. The summed E-state index contributed by atoms with van der Waals surface area (Å²) in [6, 6.07) is 8.50. The number of rotatable bonds is 14. The maximum Gasteiger partial charge on any atom is 0.335 e. The van der Waals surface area contributed by atoms with Crippen LogP contribution in [0.15, 0.2) is 30.3 Å². The first-order valence-electron chi connectivity index (χ1n) is 12.8. The van der Waals surface area contributed by atoms with Crippen LogP contribution in [0.5, 0.6) is 0 Å². The minimum absolute atomic E-state index is 0.221. The summed E-state index contributed by atoms with van der Waals surface area (Å²) in [6.45, 7) is 11.0. The third kappa shape index (κ3) is 10.8. The van der Waals surface area contributed by atoms with Crippen molar-refractivity contribution in [2.45, 2.75) is 104 Å². The van der Waals surface area contributed by atoms with Crippen LogP contribution >= 0.6 is 0 Å². The molecule has 0 saturated heterocycles. The summed E-state index contributed by atoms with van der Waals surface area (Å²) in [7, 11) is 3.46. The molecule has 8 heteroatoms. The van der Waals surface area contributed by atoms with E-state index in [1.54, 1.807) is 41.7 Å². The summed E-state index contributed by atoms with van der Waals surface area (Å²) < 4.78 is 5.21. The Morgan fingerprint density at radius 1 is 0.972 bits per heavy atom. The summed E-state index contributed by atoms with van der Waals surface area (Å²) in [5, 5.41) is 20.0. The largest absolute Gasteiger partial charge is 0.458 e. The lowest BCUT2D eigenvalue weighted by molar-refractivity contribution is -0.166. The molecule has 0 radical (unpaired) electrons. The molecule has 0 saturated carbocycles. The molecule has 0 bridgehead atoms.